The Morgan fingerprint density at radius 3 is 3.05 bits per heavy atom. The molecule has 0 spiro atoms. The summed E-state index contributed by atoms with van der Waals surface area (Å²) in [7, 11) is 0. The van der Waals surface area contributed by atoms with Gasteiger partial charge in [-0.2, -0.15) is 11.8 Å². The number of thiazole rings is 1. The molecule has 3 unspecified atom stereocenters. The summed E-state index contributed by atoms with van der Waals surface area (Å²) in [5.74, 6) is 1.20. The van der Waals surface area contributed by atoms with E-state index in [0.717, 1.165) is 43.2 Å². The molecule has 0 aromatic carbocycles. The van der Waals surface area contributed by atoms with E-state index in [2.05, 4.69) is 21.6 Å². The van der Waals surface area contributed by atoms with Crippen molar-refractivity contribution in [1.82, 2.24) is 9.88 Å². The highest BCUT2D eigenvalue weighted by atomic mass is 32.2. The van der Waals surface area contributed by atoms with Crippen LogP contribution < -0.4 is 0 Å². The molecule has 3 fully saturated rings. The van der Waals surface area contributed by atoms with E-state index in [4.69, 9.17) is 4.74 Å². The highest BCUT2D eigenvalue weighted by molar-refractivity contribution is 8.00. The number of carbonyl (C=O) groups excluding carboxylic acids is 1. The smallest absolute Gasteiger partial charge is 0.273 e. The lowest BCUT2D eigenvalue weighted by Crippen LogP contribution is -2.51. The average Bonchev–Trinajstić information content (AvgIpc) is 3.24. The van der Waals surface area contributed by atoms with Gasteiger partial charge in [0.2, 0.25) is 0 Å². The van der Waals surface area contributed by atoms with E-state index < -0.39 is 0 Å². The zero-order chi connectivity index (χ0) is 14.9. The fraction of sp³-hybridized carbons (Fsp3) is 0.750. The van der Waals surface area contributed by atoms with Crippen molar-refractivity contribution >= 4 is 29.0 Å². The summed E-state index contributed by atoms with van der Waals surface area (Å²) in [6.07, 6.45) is 7.24. The zero-order valence-electron chi connectivity index (χ0n) is 12.7. The van der Waals surface area contributed by atoms with Gasteiger partial charge in [-0.15, -0.1) is 11.3 Å². The van der Waals surface area contributed by atoms with E-state index in [9.17, 15) is 4.79 Å². The minimum atomic E-state index is 0.117. The number of aromatic nitrogens is 1. The summed E-state index contributed by atoms with van der Waals surface area (Å²) < 4.78 is 5.68. The van der Waals surface area contributed by atoms with Gasteiger partial charge in [0.15, 0.2) is 0 Å². The van der Waals surface area contributed by atoms with Crippen LogP contribution in [0.4, 0.5) is 0 Å². The second kappa shape index (κ2) is 6.49. The summed E-state index contributed by atoms with van der Waals surface area (Å²) in [5.41, 5.74) is 0.631. The minimum Gasteiger partial charge on any atom is -0.371 e. The topological polar surface area (TPSA) is 42.4 Å². The lowest BCUT2D eigenvalue weighted by Gasteiger charge is -2.43. The number of hydrogen-bond donors (Lipinski definition) is 0. The number of thioether (sulfide) groups is 1. The normalized spacial score (nSPS) is 32.0. The van der Waals surface area contributed by atoms with Crippen LogP contribution in [0.2, 0.25) is 0 Å². The fourth-order valence-corrected chi connectivity index (χ4v) is 6.12. The molecule has 3 atom stereocenters. The van der Waals surface area contributed by atoms with Gasteiger partial charge in [-0.3, -0.25) is 4.79 Å². The summed E-state index contributed by atoms with van der Waals surface area (Å²) in [6, 6.07) is 0.424. The first-order valence-electron chi connectivity index (χ1n) is 8.32. The lowest BCUT2D eigenvalue weighted by molar-refractivity contribution is 0.0639. The number of hydrogen-bond acceptors (Lipinski definition) is 5. The molecular weight excluding hydrogens is 316 g/mol. The Bertz CT molecular complexity index is 540. The van der Waals surface area contributed by atoms with Gasteiger partial charge >= 0.3 is 0 Å². The molecule has 120 valence electrons. The SMILES string of the molecule is O=C(c1csc(C2CCCO2)n1)N1CCSC2CCCCC21. The van der Waals surface area contributed by atoms with Gasteiger partial charge in [0.05, 0.1) is 0 Å². The maximum Gasteiger partial charge on any atom is 0.273 e. The van der Waals surface area contributed by atoms with E-state index in [1.54, 1.807) is 11.3 Å². The van der Waals surface area contributed by atoms with Crippen molar-refractivity contribution in [3.63, 3.8) is 0 Å². The number of nitrogens with zero attached hydrogens (tertiary/aromatic N) is 2. The Morgan fingerprint density at radius 1 is 1.27 bits per heavy atom. The van der Waals surface area contributed by atoms with Crippen molar-refractivity contribution in [1.29, 1.82) is 0 Å². The molecule has 0 radical (unpaired) electrons. The van der Waals surface area contributed by atoms with Crippen LogP contribution in [0.25, 0.3) is 0 Å². The molecule has 3 heterocycles. The Labute approximate surface area is 139 Å². The van der Waals surface area contributed by atoms with E-state index >= 15 is 0 Å². The molecule has 1 amide bonds. The van der Waals surface area contributed by atoms with Crippen molar-refractivity contribution in [2.24, 2.45) is 0 Å². The zero-order valence-corrected chi connectivity index (χ0v) is 14.3. The van der Waals surface area contributed by atoms with Crippen LogP contribution in [0, 0.1) is 0 Å². The molecule has 1 aromatic heterocycles. The van der Waals surface area contributed by atoms with Crippen LogP contribution >= 0.6 is 23.1 Å². The average molecular weight is 338 g/mol. The Morgan fingerprint density at radius 2 is 2.18 bits per heavy atom. The van der Waals surface area contributed by atoms with Crippen molar-refractivity contribution in [2.75, 3.05) is 18.9 Å². The van der Waals surface area contributed by atoms with Crippen LogP contribution in [0.15, 0.2) is 5.38 Å². The van der Waals surface area contributed by atoms with E-state index in [-0.39, 0.29) is 12.0 Å². The molecule has 3 aliphatic rings. The van der Waals surface area contributed by atoms with E-state index in [1.165, 1.54) is 19.3 Å². The highest BCUT2D eigenvalue weighted by Gasteiger charge is 2.37. The van der Waals surface area contributed by atoms with E-state index in [0.29, 0.717) is 17.0 Å². The second-order valence-electron chi connectivity index (χ2n) is 6.33. The lowest BCUT2D eigenvalue weighted by atomic mass is 9.93. The van der Waals surface area contributed by atoms with Gasteiger partial charge in [-0.25, -0.2) is 4.98 Å². The summed E-state index contributed by atoms with van der Waals surface area (Å²) in [5, 5.41) is 3.55. The molecule has 0 N–H and O–H groups in total. The monoisotopic (exact) mass is 338 g/mol. The van der Waals surface area contributed by atoms with Gasteiger partial charge in [0, 0.05) is 35.6 Å². The van der Waals surface area contributed by atoms with Crippen molar-refractivity contribution in [3.8, 4) is 0 Å². The largest absolute Gasteiger partial charge is 0.371 e. The molecule has 4 nitrogen and oxygen atoms in total. The van der Waals surface area contributed by atoms with Crippen LogP contribution in [0.3, 0.4) is 0 Å². The van der Waals surface area contributed by atoms with Gasteiger partial charge in [-0.1, -0.05) is 12.8 Å². The van der Waals surface area contributed by atoms with Crippen molar-refractivity contribution in [3.05, 3.63) is 16.1 Å². The third kappa shape index (κ3) is 2.81. The minimum absolute atomic E-state index is 0.117. The molecule has 0 bridgehead atoms. The van der Waals surface area contributed by atoms with Gasteiger partial charge in [0.1, 0.15) is 16.8 Å². The first kappa shape index (κ1) is 15.0. The summed E-state index contributed by atoms with van der Waals surface area (Å²) >= 11 is 3.64. The summed E-state index contributed by atoms with van der Waals surface area (Å²) in [6.45, 7) is 1.69. The Kier molecular flexibility index (Phi) is 4.42. The third-order valence-electron chi connectivity index (χ3n) is 4.94. The molecule has 2 aliphatic heterocycles. The number of fused-ring (bicyclic) bond motifs is 1. The van der Waals surface area contributed by atoms with Gasteiger partial charge < -0.3 is 9.64 Å². The predicted octanol–water partition coefficient (Wildman–Crippen LogP) is 3.49. The predicted molar refractivity (Wildman–Crippen MR) is 89.6 cm³/mol. The summed E-state index contributed by atoms with van der Waals surface area (Å²) in [4.78, 5) is 19.6. The van der Waals surface area contributed by atoms with Crippen molar-refractivity contribution < 1.29 is 9.53 Å². The molecule has 22 heavy (non-hydrogen) atoms. The maximum absolute atomic E-state index is 12.9. The van der Waals surface area contributed by atoms with Crippen LogP contribution in [-0.2, 0) is 4.74 Å². The van der Waals surface area contributed by atoms with Crippen molar-refractivity contribution in [2.45, 2.75) is 55.9 Å². The molecule has 1 saturated carbocycles. The molecule has 1 aliphatic carbocycles. The number of ether oxygens (including phenoxy) is 1. The number of carbonyl (C=O) groups is 1. The number of amides is 1. The van der Waals surface area contributed by atoms with Crippen LogP contribution in [0.5, 0.6) is 0 Å². The Balaban J connectivity index is 1.50. The standard InChI is InChI=1S/C16H22N2O2S2/c19-16(11-10-22-15(17-11)13-5-3-8-20-13)18-7-9-21-14-6-2-1-4-12(14)18/h10,12-14H,1-9H2. The molecule has 1 aromatic rings. The first-order chi connectivity index (χ1) is 10.8. The van der Waals surface area contributed by atoms with Gasteiger partial charge in [-0.05, 0) is 25.7 Å². The molecule has 2 saturated heterocycles. The highest BCUT2D eigenvalue weighted by Crippen LogP contribution is 2.37. The maximum atomic E-state index is 12.9. The molecule has 4 rings (SSSR count). The fourth-order valence-electron chi connectivity index (χ4n) is 3.80. The van der Waals surface area contributed by atoms with Crippen LogP contribution in [-0.4, -0.2) is 46.0 Å². The first-order valence-corrected chi connectivity index (χ1v) is 10.3. The molecular formula is C16H22N2O2S2. The number of rotatable bonds is 2. The quantitative estimate of drug-likeness (QED) is 0.828. The van der Waals surface area contributed by atoms with Gasteiger partial charge in [0.25, 0.3) is 5.91 Å². The van der Waals surface area contributed by atoms with E-state index in [1.807, 2.05) is 5.38 Å². The Hall–Kier alpha value is -0.590. The molecule has 6 heteroatoms. The third-order valence-corrected chi connectivity index (χ3v) is 7.27. The van der Waals surface area contributed by atoms with Crippen LogP contribution in [0.1, 0.15) is 60.1 Å². The second-order valence-corrected chi connectivity index (χ2v) is 8.57.